The summed E-state index contributed by atoms with van der Waals surface area (Å²) in [6.07, 6.45) is 2.79. The molecule has 0 bridgehead atoms. The van der Waals surface area contributed by atoms with Gasteiger partial charge < -0.3 is 5.32 Å². The van der Waals surface area contributed by atoms with Crippen molar-refractivity contribution in [3.05, 3.63) is 66.2 Å². The van der Waals surface area contributed by atoms with Crippen LogP contribution in [0.2, 0.25) is 0 Å². The summed E-state index contributed by atoms with van der Waals surface area (Å²) in [5, 5.41) is 2.99. The summed E-state index contributed by atoms with van der Waals surface area (Å²) in [5.74, 6) is -0.0461. The zero-order valence-electron chi connectivity index (χ0n) is 11.9. The van der Waals surface area contributed by atoms with Gasteiger partial charge >= 0.3 is 0 Å². The largest absolute Gasteiger partial charge is 0.322 e. The number of anilines is 1. The summed E-state index contributed by atoms with van der Waals surface area (Å²) >= 11 is 0. The van der Waals surface area contributed by atoms with E-state index in [2.05, 4.69) is 5.32 Å². The molecule has 20 heavy (non-hydrogen) atoms. The minimum atomic E-state index is -0.0461. The molecular formula is C18H19NO. The van der Waals surface area contributed by atoms with Crippen molar-refractivity contribution >= 4 is 11.6 Å². The molecule has 102 valence electrons. The number of benzene rings is 2. The molecule has 0 heterocycles. The molecule has 0 spiro atoms. The lowest BCUT2D eigenvalue weighted by Crippen LogP contribution is -2.13. The van der Waals surface area contributed by atoms with E-state index < -0.39 is 0 Å². The molecule has 1 N–H and O–H groups in total. The number of carbonyl (C=O) groups is 1. The molecule has 2 aromatic carbocycles. The monoisotopic (exact) mass is 265 g/mol. The van der Waals surface area contributed by atoms with E-state index in [9.17, 15) is 4.79 Å². The second-order valence-corrected chi connectivity index (χ2v) is 4.66. The van der Waals surface area contributed by atoms with Crippen molar-refractivity contribution in [3.8, 4) is 11.1 Å². The van der Waals surface area contributed by atoms with Gasteiger partial charge in [-0.15, -0.1) is 0 Å². The van der Waals surface area contributed by atoms with E-state index in [1.807, 2.05) is 74.5 Å². The minimum Gasteiger partial charge on any atom is -0.322 e. The van der Waals surface area contributed by atoms with E-state index in [1.165, 1.54) is 0 Å². The van der Waals surface area contributed by atoms with E-state index >= 15 is 0 Å². The molecule has 0 aliphatic rings. The van der Waals surface area contributed by atoms with Crippen molar-refractivity contribution in [3.63, 3.8) is 0 Å². The SMILES string of the molecule is CC/C=C(/C)C(=O)Nc1ccccc1-c1ccccc1. The average Bonchev–Trinajstić information content (AvgIpc) is 2.49. The van der Waals surface area contributed by atoms with Crippen LogP contribution in [-0.4, -0.2) is 5.91 Å². The lowest BCUT2D eigenvalue weighted by atomic mass is 10.0. The number of para-hydroxylation sites is 1. The Balaban J connectivity index is 2.30. The van der Waals surface area contributed by atoms with Crippen molar-refractivity contribution in [2.45, 2.75) is 20.3 Å². The molecule has 2 rings (SSSR count). The Morgan fingerprint density at radius 3 is 2.40 bits per heavy atom. The van der Waals surface area contributed by atoms with E-state index in [1.54, 1.807) is 0 Å². The Morgan fingerprint density at radius 1 is 1.05 bits per heavy atom. The highest BCUT2D eigenvalue weighted by atomic mass is 16.1. The highest BCUT2D eigenvalue weighted by Crippen LogP contribution is 2.27. The molecular weight excluding hydrogens is 246 g/mol. The number of allylic oxidation sites excluding steroid dienone is 1. The zero-order valence-corrected chi connectivity index (χ0v) is 11.9. The summed E-state index contributed by atoms with van der Waals surface area (Å²) in [4.78, 5) is 12.1. The number of hydrogen-bond donors (Lipinski definition) is 1. The van der Waals surface area contributed by atoms with Crippen LogP contribution in [0.15, 0.2) is 66.2 Å². The van der Waals surface area contributed by atoms with Crippen LogP contribution in [0.5, 0.6) is 0 Å². The van der Waals surface area contributed by atoms with Gasteiger partial charge in [-0.3, -0.25) is 4.79 Å². The van der Waals surface area contributed by atoms with E-state index in [0.29, 0.717) is 0 Å². The van der Waals surface area contributed by atoms with E-state index in [0.717, 1.165) is 28.8 Å². The zero-order chi connectivity index (χ0) is 14.4. The van der Waals surface area contributed by atoms with Gasteiger partial charge in [0.05, 0.1) is 0 Å². The number of nitrogens with one attached hydrogen (secondary N) is 1. The predicted molar refractivity (Wildman–Crippen MR) is 84.6 cm³/mol. The lowest BCUT2D eigenvalue weighted by Gasteiger charge is -2.11. The molecule has 2 heteroatoms. The third-order valence-electron chi connectivity index (χ3n) is 3.13. The van der Waals surface area contributed by atoms with Crippen LogP contribution in [0.1, 0.15) is 20.3 Å². The first kappa shape index (κ1) is 14.1. The Bertz CT molecular complexity index is 614. The predicted octanol–water partition coefficient (Wildman–Crippen LogP) is 4.65. The van der Waals surface area contributed by atoms with Crippen molar-refractivity contribution in [2.24, 2.45) is 0 Å². The molecule has 0 saturated heterocycles. The summed E-state index contributed by atoms with van der Waals surface area (Å²) < 4.78 is 0. The highest BCUT2D eigenvalue weighted by molar-refractivity contribution is 6.05. The van der Waals surface area contributed by atoms with Gasteiger partial charge in [0.15, 0.2) is 0 Å². The number of carbonyl (C=O) groups excluding carboxylic acids is 1. The van der Waals surface area contributed by atoms with Crippen LogP contribution in [0.4, 0.5) is 5.69 Å². The van der Waals surface area contributed by atoms with E-state index in [4.69, 9.17) is 0 Å². The Hall–Kier alpha value is -2.35. The average molecular weight is 265 g/mol. The summed E-state index contributed by atoms with van der Waals surface area (Å²) in [6.45, 7) is 3.86. The van der Waals surface area contributed by atoms with Crippen LogP contribution < -0.4 is 5.32 Å². The molecule has 0 atom stereocenters. The molecule has 0 unspecified atom stereocenters. The molecule has 0 aromatic heterocycles. The number of amides is 1. The molecule has 2 aromatic rings. The van der Waals surface area contributed by atoms with Crippen molar-refractivity contribution < 1.29 is 4.79 Å². The number of hydrogen-bond acceptors (Lipinski definition) is 1. The van der Waals surface area contributed by atoms with Gasteiger partial charge in [-0.1, -0.05) is 61.5 Å². The normalized spacial score (nSPS) is 11.2. The molecule has 0 aliphatic carbocycles. The van der Waals surface area contributed by atoms with Crippen LogP contribution >= 0.6 is 0 Å². The summed E-state index contributed by atoms with van der Waals surface area (Å²) in [7, 11) is 0. The van der Waals surface area contributed by atoms with Crippen LogP contribution in [-0.2, 0) is 4.79 Å². The van der Waals surface area contributed by atoms with Gasteiger partial charge in [-0.25, -0.2) is 0 Å². The van der Waals surface area contributed by atoms with Gasteiger partial charge in [-0.2, -0.15) is 0 Å². The van der Waals surface area contributed by atoms with Gasteiger partial charge in [-0.05, 0) is 25.0 Å². The lowest BCUT2D eigenvalue weighted by molar-refractivity contribution is -0.112. The van der Waals surface area contributed by atoms with Gasteiger partial charge in [0.25, 0.3) is 5.91 Å². The fraction of sp³-hybridized carbons (Fsp3) is 0.167. The van der Waals surface area contributed by atoms with Gasteiger partial charge in [0.2, 0.25) is 0 Å². The van der Waals surface area contributed by atoms with Gasteiger partial charge in [0.1, 0.15) is 0 Å². The maximum atomic E-state index is 12.1. The van der Waals surface area contributed by atoms with Crippen LogP contribution in [0.25, 0.3) is 11.1 Å². The first-order valence-electron chi connectivity index (χ1n) is 6.85. The quantitative estimate of drug-likeness (QED) is 0.801. The topological polar surface area (TPSA) is 29.1 Å². The molecule has 0 radical (unpaired) electrons. The Kier molecular flexibility index (Phi) is 4.72. The fourth-order valence-electron chi connectivity index (χ4n) is 2.08. The molecule has 2 nitrogen and oxygen atoms in total. The first-order valence-corrected chi connectivity index (χ1v) is 6.85. The highest BCUT2D eigenvalue weighted by Gasteiger charge is 2.08. The minimum absolute atomic E-state index is 0.0461. The fourth-order valence-corrected chi connectivity index (χ4v) is 2.08. The first-order chi connectivity index (χ1) is 9.72. The smallest absolute Gasteiger partial charge is 0.250 e. The maximum Gasteiger partial charge on any atom is 0.250 e. The van der Waals surface area contributed by atoms with Crippen molar-refractivity contribution in [1.82, 2.24) is 0 Å². The standard InChI is InChI=1S/C18H19NO/c1-3-9-14(2)18(20)19-17-13-8-7-12-16(17)15-10-5-4-6-11-15/h4-13H,3H2,1-2H3,(H,19,20)/b14-9-. The van der Waals surface area contributed by atoms with Crippen LogP contribution in [0, 0.1) is 0 Å². The summed E-state index contributed by atoms with van der Waals surface area (Å²) in [5.41, 5.74) is 3.72. The molecule has 0 saturated carbocycles. The Morgan fingerprint density at radius 2 is 1.70 bits per heavy atom. The second kappa shape index (κ2) is 6.71. The molecule has 0 aliphatic heterocycles. The van der Waals surface area contributed by atoms with Crippen molar-refractivity contribution in [1.29, 1.82) is 0 Å². The summed E-state index contributed by atoms with van der Waals surface area (Å²) in [6, 6.07) is 17.9. The van der Waals surface area contributed by atoms with E-state index in [-0.39, 0.29) is 5.91 Å². The van der Waals surface area contributed by atoms with Crippen LogP contribution in [0.3, 0.4) is 0 Å². The third-order valence-corrected chi connectivity index (χ3v) is 3.13. The van der Waals surface area contributed by atoms with Gasteiger partial charge in [0, 0.05) is 16.8 Å². The maximum absolute atomic E-state index is 12.1. The third kappa shape index (κ3) is 3.35. The Labute approximate surface area is 120 Å². The molecule has 1 amide bonds. The number of rotatable bonds is 4. The second-order valence-electron chi connectivity index (χ2n) is 4.66. The molecule has 0 fully saturated rings. The van der Waals surface area contributed by atoms with Crippen molar-refractivity contribution in [2.75, 3.05) is 5.32 Å².